The summed E-state index contributed by atoms with van der Waals surface area (Å²) >= 11 is 1.33. The fourth-order valence-corrected chi connectivity index (χ4v) is 7.08. The fourth-order valence-electron chi connectivity index (χ4n) is 4.28. The zero-order valence-electron chi connectivity index (χ0n) is 19.8. The summed E-state index contributed by atoms with van der Waals surface area (Å²) in [6.07, 6.45) is 0.830. The van der Waals surface area contributed by atoms with Gasteiger partial charge in [-0.15, -0.1) is 11.3 Å². The molecule has 1 saturated heterocycles. The molecule has 1 fully saturated rings. The van der Waals surface area contributed by atoms with Crippen molar-refractivity contribution in [3.05, 3.63) is 39.9 Å². The number of carbonyl (C=O) groups is 2. The first kappa shape index (κ1) is 25.3. The van der Waals surface area contributed by atoms with E-state index >= 15 is 0 Å². The highest BCUT2D eigenvalue weighted by atomic mass is 32.2. The quantitative estimate of drug-likeness (QED) is 0.547. The van der Waals surface area contributed by atoms with E-state index in [-0.39, 0.29) is 37.5 Å². The van der Waals surface area contributed by atoms with E-state index in [1.807, 2.05) is 39.8 Å². The van der Waals surface area contributed by atoms with Crippen LogP contribution >= 0.6 is 11.3 Å². The lowest BCUT2D eigenvalue weighted by atomic mass is 9.98. The van der Waals surface area contributed by atoms with Gasteiger partial charge in [-0.25, -0.2) is 13.4 Å². The van der Waals surface area contributed by atoms with Crippen molar-refractivity contribution in [3.8, 4) is 0 Å². The van der Waals surface area contributed by atoms with E-state index in [0.29, 0.717) is 35.1 Å². The van der Waals surface area contributed by atoms with Crippen LogP contribution in [0.5, 0.6) is 0 Å². The van der Waals surface area contributed by atoms with E-state index in [4.69, 9.17) is 4.74 Å². The third-order valence-corrected chi connectivity index (χ3v) is 8.94. The summed E-state index contributed by atoms with van der Waals surface area (Å²) in [6, 6.07) is 3.76. The third-order valence-electron chi connectivity index (χ3n) is 5.82. The van der Waals surface area contributed by atoms with Crippen molar-refractivity contribution >= 4 is 38.4 Å². The third kappa shape index (κ3) is 5.62. The largest absolute Gasteiger partial charge is 0.459 e. The normalized spacial score (nSPS) is 15.4. The van der Waals surface area contributed by atoms with E-state index < -0.39 is 10.0 Å². The first-order chi connectivity index (χ1) is 15.5. The topological polar surface area (TPSA) is 96.9 Å². The van der Waals surface area contributed by atoms with E-state index in [9.17, 15) is 18.0 Å². The molecule has 10 heteroatoms. The second-order valence-corrected chi connectivity index (χ2v) is 11.1. The number of rotatable bonds is 7. The molecule has 1 aliphatic heterocycles. The molecule has 1 aliphatic rings. The van der Waals surface area contributed by atoms with Gasteiger partial charge in [0.25, 0.3) is 0 Å². The molecule has 0 spiro atoms. The molecule has 0 atom stereocenters. The number of sulfonamides is 1. The molecule has 0 bridgehead atoms. The maximum absolute atomic E-state index is 13.2. The van der Waals surface area contributed by atoms with Crippen LogP contribution in [0.3, 0.4) is 0 Å². The van der Waals surface area contributed by atoms with Crippen LogP contribution in [0.4, 0.5) is 5.13 Å². The summed E-state index contributed by atoms with van der Waals surface area (Å²) in [7, 11) is -3.62. The maximum Gasteiger partial charge on any atom is 0.309 e. The molecule has 0 radical (unpaired) electrons. The Labute approximate surface area is 199 Å². The summed E-state index contributed by atoms with van der Waals surface area (Å²) in [5, 5.41) is 2.35. The number of nitrogens with zero attached hydrogens (tertiary/aromatic N) is 3. The van der Waals surface area contributed by atoms with Gasteiger partial charge in [-0.2, -0.15) is 4.31 Å². The van der Waals surface area contributed by atoms with Gasteiger partial charge in [0.1, 0.15) is 6.61 Å². The predicted octanol–water partition coefficient (Wildman–Crippen LogP) is 3.59. The first-order valence-electron chi connectivity index (χ1n) is 11.0. The zero-order chi connectivity index (χ0) is 24.3. The molecule has 2 aromatic rings. The minimum Gasteiger partial charge on any atom is -0.459 e. The standard InChI is InChI=1S/C23H31N3O5S2/c1-6-26(18(5)27)23-24-20(14-32-23)13-31-22(28)19-7-9-25(10-8-19)33(29,30)21-16(3)11-15(2)12-17(21)4/h11-12,14,19H,6-10,13H2,1-5H3. The molecular weight excluding hydrogens is 462 g/mol. The van der Waals surface area contributed by atoms with Crippen molar-refractivity contribution < 1.29 is 22.7 Å². The number of thiazole rings is 1. The second kappa shape index (κ2) is 10.3. The number of ether oxygens (including phenoxy) is 1. The number of carbonyl (C=O) groups excluding carboxylic acids is 2. The summed E-state index contributed by atoms with van der Waals surface area (Å²) in [4.78, 5) is 30.5. The highest BCUT2D eigenvalue weighted by Gasteiger charge is 2.34. The number of esters is 1. The van der Waals surface area contributed by atoms with Crippen molar-refractivity contribution in [2.24, 2.45) is 5.92 Å². The number of amides is 1. The molecule has 0 N–H and O–H groups in total. The lowest BCUT2D eigenvalue weighted by Gasteiger charge is -2.31. The van der Waals surface area contributed by atoms with Gasteiger partial charge >= 0.3 is 5.97 Å². The lowest BCUT2D eigenvalue weighted by molar-refractivity contribution is -0.151. The number of anilines is 1. The lowest BCUT2D eigenvalue weighted by Crippen LogP contribution is -2.41. The van der Waals surface area contributed by atoms with Gasteiger partial charge in [0.2, 0.25) is 15.9 Å². The van der Waals surface area contributed by atoms with Gasteiger partial charge in [-0.05, 0) is 51.7 Å². The van der Waals surface area contributed by atoms with Crippen LogP contribution in [0.1, 0.15) is 49.1 Å². The Morgan fingerprint density at radius 2 is 1.79 bits per heavy atom. The Hall–Kier alpha value is -2.30. The maximum atomic E-state index is 13.2. The molecule has 0 saturated carbocycles. The Balaban J connectivity index is 1.57. The van der Waals surface area contributed by atoms with Gasteiger partial charge in [-0.1, -0.05) is 17.7 Å². The molecule has 33 heavy (non-hydrogen) atoms. The summed E-state index contributed by atoms with van der Waals surface area (Å²) < 4.78 is 33.4. The molecule has 0 unspecified atom stereocenters. The molecule has 0 aliphatic carbocycles. The molecule has 1 amide bonds. The summed E-state index contributed by atoms with van der Waals surface area (Å²) in [6.45, 7) is 10.0. The Kier molecular flexibility index (Phi) is 7.92. The number of piperidine rings is 1. The average molecular weight is 494 g/mol. The van der Waals surface area contributed by atoms with Gasteiger partial charge in [0, 0.05) is 31.9 Å². The van der Waals surface area contributed by atoms with Crippen LogP contribution in [-0.4, -0.2) is 49.2 Å². The molecule has 180 valence electrons. The molecular formula is C23H31N3O5S2. The highest BCUT2D eigenvalue weighted by Crippen LogP contribution is 2.29. The van der Waals surface area contributed by atoms with Crippen LogP contribution in [0.25, 0.3) is 0 Å². The van der Waals surface area contributed by atoms with Crippen molar-refractivity contribution in [2.45, 2.75) is 59.0 Å². The second-order valence-electron chi connectivity index (χ2n) is 8.40. The van der Waals surface area contributed by atoms with Crippen molar-refractivity contribution in [1.82, 2.24) is 9.29 Å². The predicted molar refractivity (Wildman–Crippen MR) is 128 cm³/mol. The van der Waals surface area contributed by atoms with Crippen molar-refractivity contribution in [3.63, 3.8) is 0 Å². The molecule has 8 nitrogen and oxygen atoms in total. The molecule has 1 aromatic heterocycles. The van der Waals surface area contributed by atoms with Crippen molar-refractivity contribution in [1.29, 1.82) is 0 Å². The summed E-state index contributed by atoms with van der Waals surface area (Å²) in [5.74, 6) is -0.782. The first-order valence-corrected chi connectivity index (χ1v) is 13.3. The number of aromatic nitrogens is 1. The average Bonchev–Trinajstić information content (AvgIpc) is 3.20. The minimum atomic E-state index is -3.62. The van der Waals surface area contributed by atoms with E-state index in [1.165, 1.54) is 22.6 Å². The SMILES string of the molecule is CCN(C(C)=O)c1nc(COC(=O)C2CCN(S(=O)(=O)c3c(C)cc(C)cc3C)CC2)cs1. The van der Waals surface area contributed by atoms with E-state index in [1.54, 1.807) is 10.3 Å². The van der Waals surface area contributed by atoms with E-state index in [0.717, 1.165) is 16.7 Å². The van der Waals surface area contributed by atoms with Crippen LogP contribution in [0.15, 0.2) is 22.4 Å². The number of hydrogen-bond donors (Lipinski definition) is 0. The van der Waals surface area contributed by atoms with Crippen molar-refractivity contribution in [2.75, 3.05) is 24.5 Å². The van der Waals surface area contributed by atoms with Gasteiger partial charge in [0.15, 0.2) is 5.13 Å². The minimum absolute atomic E-state index is 0.0328. The number of aryl methyl sites for hydroxylation is 3. The molecule has 3 rings (SSSR count). The number of benzene rings is 1. The summed E-state index contributed by atoms with van der Waals surface area (Å²) in [5.41, 5.74) is 3.10. The Morgan fingerprint density at radius 1 is 1.18 bits per heavy atom. The van der Waals surface area contributed by atoms with Crippen LogP contribution in [0, 0.1) is 26.7 Å². The zero-order valence-corrected chi connectivity index (χ0v) is 21.4. The van der Waals surface area contributed by atoms with Crippen LogP contribution in [-0.2, 0) is 31.0 Å². The van der Waals surface area contributed by atoms with E-state index in [2.05, 4.69) is 4.98 Å². The Morgan fingerprint density at radius 3 is 2.33 bits per heavy atom. The Bertz CT molecular complexity index is 1110. The van der Waals surface area contributed by atoms with Gasteiger partial charge in [-0.3, -0.25) is 14.5 Å². The monoisotopic (exact) mass is 493 g/mol. The molecule has 2 heterocycles. The van der Waals surface area contributed by atoms with Crippen LogP contribution in [0.2, 0.25) is 0 Å². The fraction of sp³-hybridized carbons (Fsp3) is 0.522. The van der Waals surface area contributed by atoms with Crippen LogP contribution < -0.4 is 4.90 Å². The highest BCUT2D eigenvalue weighted by molar-refractivity contribution is 7.89. The smallest absolute Gasteiger partial charge is 0.309 e. The number of hydrogen-bond acceptors (Lipinski definition) is 7. The van der Waals surface area contributed by atoms with Gasteiger partial charge < -0.3 is 4.74 Å². The van der Waals surface area contributed by atoms with Gasteiger partial charge in [0.05, 0.1) is 16.5 Å². The molecule has 1 aromatic carbocycles.